The number of hydrogen-bond donors (Lipinski definition) is 1. The molecule has 0 aliphatic carbocycles. The van der Waals surface area contributed by atoms with Crippen LogP contribution in [0.2, 0.25) is 0 Å². The van der Waals surface area contributed by atoms with Gasteiger partial charge in [-0.25, -0.2) is 17.5 Å². The van der Waals surface area contributed by atoms with E-state index >= 15 is 0 Å². The monoisotopic (exact) mass is 383 g/mol. The Morgan fingerprint density at radius 3 is 2.35 bits per heavy atom. The topological polar surface area (TPSA) is 73.9 Å². The SMILES string of the molecule is COc1cc(CCNS(=O)(=O)c2ccc(F)cc2C)c(OC)c(OC)c1. The van der Waals surface area contributed by atoms with Crippen LogP contribution in [-0.2, 0) is 16.4 Å². The summed E-state index contributed by atoms with van der Waals surface area (Å²) < 4.78 is 56.5. The van der Waals surface area contributed by atoms with E-state index in [0.29, 0.717) is 29.2 Å². The van der Waals surface area contributed by atoms with Gasteiger partial charge in [0.1, 0.15) is 11.6 Å². The number of rotatable bonds is 8. The standard InChI is InChI=1S/C18H22FNO5S/c1-12-9-14(19)5-6-17(12)26(21,22)20-8-7-13-10-15(23-2)11-16(24-3)18(13)25-4/h5-6,9-11,20H,7-8H2,1-4H3. The summed E-state index contributed by atoms with van der Waals surface area (Å²) in [6.07, 6.45) is 0.357. The molecule has 2 aromatic rings. The molecule has 0 aromatic heterocycles. The van der Waals surface area contributed by atoms with Crippen LogP contribution in [0.3, 0.4) is 0 Å². The first-order valence-corrected chi connectivity index (χ1v) is 9.35. The first-order chi connectivity index (χ1) is 12.3. The summed E-state index contributed by atoms with van der Waals surface area (Å²) in [4.78, 5) is 0.0501. The smallest absolute Gasteiger partial charge is 0.240 e. The third-order valence-electron chi connectivity index (χ3n) is 3.88. The molecule has 0 bridgehead atoms. The summed E-state index contributed by atoms with van der Waals surface area (Å²) >= 11 is 0. The number of halogens is 1. The minimum Gasteiger partial charge on any atom is -0.497 e. The zero-order chi connectivity index (χ0) is 19.3. The second-order valence-electron chi connectivity index (χ2n) is 5.58. The maximum Gasteiger partial charge on any atom is 0.240 e. The summed E-state index contributed by atoms with van der Waals surface area (Å²) in [6.45, 7) is 1.68. The van der Waals surface area contributed by atoms with Crippen molar-refractivity contribution < 1.29 is 27.0 Å². The Labute approximate surface area is 152 Å². The molecule has 142 valence electrons. The fraction of sp³-hybridized carbons (Fsp3) is 0.333. The Morgan fingerprint density at radius 1 is 1.04 bits per heavy atom. The van der Waals surface area contributed by atoms with Crippen LogP contribution < -0.4 is 18.9 Å². The van der Waals surface area contributed by atoms with Crippen LogP contribution in [0.4, 0.5) is 4.39 Å². The van der Waals surface area contributed by atoms with Crippen molar-refractivity contribution in [2.24, 2.45) is 0 Å². The van der Waals surface area contributed by atoms with Crippen LogP contribution in [0.5, 0.6) is 17.2 Å². The van der Waals surface area contributed by atoms with E-state index < -0.39 is 15.8 Å². The number of methoxy groups -OCH3 is 3. The Bertz CT molecular complexity index is 883. The summed E-state index contributed by atoms with van der Waals surface area (Å²) in [6, 6.07) is 7.01. The predicted molar refractivity (Wildman–Crippen MR) is 96.1 cm³/mol. The molecule has 0 saturated carbocycles. The second kappa shape index (κ2) is 8.37. The Hall–Kier alpha value is -2.32. The molecule has 2 rings (SSSR count). The molecule has 0 radical (unpaired) electrons. The predicted octanol–water partition coefficient (Wildman–Crippen LogP) is 2.68. The Morgan fingerprint density at radius 2 is 1.77 bits per heavy atom. The average molecular weight is 383 g/mol. The number of hydrogen-bond acceptors (Lipinski definition) is 5. The van der Waals surface area contributed by atoms with Crippen molar-refractivity contribution in [3.05, 3.63) is 47.3 Å². The fourth-order valence-corrected chi connectivity index (χ4v) is 3.89. The van der Waals surface area contributed by atoms with Gasteiger partial charge in [0, 0.05) is 18.2 Å². The molecule has 0 amide bonds. The first kappa shape index (κ1) is 20.0. The van der Waals surface area contributed by atoms with E-state index in [1.807, 2.05) is 0 Å². The molecule has 0 atom stereocenters. The highest BCUT2D eigenvalue weighted by molar-refractivity contribution is 7.89. The lowest BCUT2D eigenvalue weighted by atomic mass is 10.1. The molecule has 0 spiro atoms. The van der Waals surface area contributed by atoms with Gasteiger partial charge < -0.3 is 14.2 Å². The molecular weight excluding hydrogens is 361 g/mol. The van der Waals surface area contributed by atoms with Crippen molar-refractivity contribution in [2.45, 2.75) is 18.2 Å². The van der Waals surface area contributed by atoms with Crippen LogP contribution in [0, 0.1) is 12.7 Å². The largest absolute Gasteiger partial charge is 0.497 e. The van der Waals surface area contributed by atoms with Crippen LogP contribution in [0.25, 0.3) is 0 Å². The molecule has 0 heterocycles. The number of ether oxygens (including phenoxy) is 3. The molecule has 6 nitrogen and oxygen atoms in total. The third kappa shape index (κ3) is 4.44. The zero-order valence-electron chi connectivity index (χ0n) is 15.1. The van der Waals surface area contributed by atoms with Gasteiger partial charge in [-0.2, -0.15) is 0 Å². The van der Waals surface area contributed by atoms with Crippen molar-refractivity contribution >= 4 is 10.0 Å². The van der Waals surface area contributed by atoms with E-state index in [4.69, 9.17) is 14.2 Å². The zero-order valence-corrected chi connectivity index (χ0v) is 15.9. The lowest BCUT2D eigenvalue weighted by molar-refractivity contribution is 0.345. The van der Waals surface area contributed by atoms with Gasteiger partial charge in [0.2, 0.25) is 10.0 Å². The van der Waals surface area contributed by atoms with Crippen LogP contribution >= 0.6 is 0 Å². The van der Waals surface area contributed by atoms with Crippen molar-refractivity contribution in [2.75, 3.05) is 27.9 Å². The molecule has 2 aromatic carbocycles. The lowest BCUT2D eigenvalue weighted by Gasteiger charge is -2.15. The van der Waals surface area contributed by atoms with Crippen LogP contribution in [0.15, 0.2) is 35.2 Å². The Balaban J connectivity index is 2.18. The van der Waals surface area contributed by atoms with Gasteiger partial charge in [0.05, 0.1) is 26.2 Å². The van der Waals surface area contributed by atoms with E-state index in [1.54, 1.807) is 19.1 Å². The molecular formula is C18H22FNO5S. The minimum atomic E-state index is -3.75. The highest BCUT2D eigenvalue weighted by Crippen LogP contribution is 2.35. The molecule has 1 N–H and O–H groups in total. The molecule has 0 unspecified atom stereocenters. The number of sulfonamides is 1. The first-order valence-electron chi connectivity index (χ1n) is 7.87. The molecule has 8 heteroatoms. The van der Waals surface area contributed by atoms with Crippen molar-refractivity contribution in [3.63, 3.8) is 0 Å². The fourth-order valence-electron chi connectivity index (χ4n) is 2.63. The van der Waals surface area contributed by atoms with Crippen LogP contribution in [-0.4, -0.2) is 36.3 Å². The van der Waals surface area contributed by atoms with E-state index in [0.717, 1.165) is 11.6 Å². The van der Waals surface area contributed by atoms with Gasteiger partial charge in [-0.15, -0.1) is 0 Å². The average Bonchev–Trinajstić information content (AvgIpc) is 2.60. The normalized spacial score (nSPS) is 11.3. The van der Waals surface area contributed by atoms with E-state index in [-0.39, 0.29) is 11.4 Å². The number of nitrogens with one attached hydrogen (secondary N) is 1. The van der Waals surface area contributed by atoms with Crippen molar-refractivity contribution in [3.8, 4) is 17.2 Å². The molecule has 0 fully saturated rings. The molecule has 0 saturated heterocycles. The Kier molecular flexibility index (Phi) is 6.44. The quantitative estimate of drug-likeness (QED) is 0.759. The summed E-state index contributed by atoms with van der Waals surface area (Å²) in [7, 11) is 0.813. The minimum absolute atomic E-state index is 0.0501. The summed E-state index contributed by atoms with van der Waals surface area (Å²) in [5, 5.41) is 0. The van der Waals surface area contributed by atoms with Crippen LogP contribution in [0.1, 0.15) is 11.1 Å². The molecule has 0 aliphatic heterocycles. The number of aryl methyl sites for hydroxylation is 1. The van der Waals surface area contributed by atoms with Gasteiger partial charge in [-0.05, 0) is 43.2 Å². The second-order valence-corrected chi connectivity index (χ2v) is 7.31. The summed E-state index contributed by atoms with van der Waals surface area (Å²) in [5.74, 6) is 1.12. The van der Waals surface area contributed by atoms with Gasteiger partial charge in [-0.3, -0.25) is 0 Å². The summed E-state index contributed by atoms with van der Waals surface area (Å²) in [5.41, 5.74) is 1.08. The maximum absolute atomic E-state index is 13.2. The van der Waals surface area contributed by atoms with Gasteiger partial charge in [0.15, 0.2) is 11.5 Å². The third-order valence-corrected chi connectivity index (χ3v) is 5.50. The lowest BCUT2D eigenvalue weighted by Crippen LogP contribution is -2.26. The molecule has 26 heavy (non-hydrogen) atoms. The molecule has 0 aliphatic rings. The highest BCUT2D eigenvalue weighted by atomic mass is 32.2. The highest BCUT2D eigenvalue weighted by Gasteiger charge is 2.18. The van der Waals surface area contributed by atoms with Gasteiger partial charge in [0.25, 0.3) is 0 Å². The van der Waals surface area contributed by atoms with E-state index in [1.165, 1.54) is 33.5 Å². The van der Waals surface area contributed by atoms with E-state index in [9.17, 15) is 12.8 Å². The van der Waals surface area contributed by atoms with Crippen molar-refractivity contribution in [1.29, 1.82) is 0 Å². The van der Waals surface area contributed by atoms with Gasteiger partial charge in [-0.1, -0.05) is 0 Å². The number of benzene rings is 2. The van der Waals surface area contributed by atoms with Crippen molar-refractivity contribution in [1.82, 2.24) is 4.72 Å². The van der Waals surface area contributed by atoms with E-state index in [2.05, 4.69) is 4.72 Å². The maximum atomic E-state index is 13.2. The van der Waals surface area contributed by atoms with Gasteiger partial charge >= 0.3 is 0 Å².